The monoisotopic (exact) mass is 309 g/mol. The number of aliphatic carboxylic acids is 1. The minimum Gasteiger partial charge on any atom is -0.481 e. The van der Waals surface area contributed by atoms with E-state index in [-0.39, 0.29) is 29.0 Å². The molecule has 118 valence electrons. The molecule has 3 fully saturated rings. The summed E-state index contributed by atoms with van der Waals surface area (Å²) in [5.41, 5.74) is 0.0114. The number of alkyl halides is 2. The van der Waals surface area contributed by atoms with E-state index >= 15 is 0 Å². The van der Waals surface area contributed by atoms with Crippen LogP contribution in [0, 0.1) is 11.8 Å². The standard InChI is InChI=1S/C16H17F2NO3/c17-14(18)10-2-1-3-11(7-10)15(20)19-8-9-4-5-13(19)12(6-9)16(21)22/h1-3,7,9,12-14H,4-6,8H2,(H,21,22). The van der Waals surface area contributed by atoms with Crippen molar-refractivity contribution in [1.82, 2.24) is 4.90 Å². The van der Waals surface area contributed by atoms with Gasteiger partial charge in [0.25, 0.3) is 12.3 Å². The van der Waals surface area contributed by atoms with Crippen LogP contribution in [-0.2, 0) is 4.79 Å². The lowest BCUT2D eigenvalue weighted by Gasteiger charge is -2.48. The summed E-state index contributed by atoms with van der Waals surface area (Å²) >= 11 is 0. The Bertz CT molecular complexity index is 605. The highest BCUT2D eigenvalue weighted by Crippen LogP contribution is 2.40. The fourth-order valence-corrected chi connectivity index (χ4v) is 3.67. The summed E-state index contributed by atoms with van der Waals surface area (Å²) in [5.74, 6) is -1.58. The van der Waals surface area contributed by atoms with E-state index < -0.39 is 18.3 Å². The van der Waals surface area contributed by atoms with E-state index in [4.69, 9.17) is 0 Å². The lowest BCUT2D eigenvalue weighted by molar-refractivity contribution is -0.148. The molecule has 1 aromatic carbocycles. The zero-order valence-corrected chi connectivity index (χ0v) is 11.9. The fourth-order valence-electron chi connectivity index (χ4n) is 3.67. The van der Waals surface area contributed by atoms with E-state index in [1.54, 1.807) is 4.90 Å². The van der Waals surface area contributed by atoms with Gasteiger partial charge in [0.2, 0.25) is 0 Å². The van der Waals surface area contributed by atoms with Crippen LogP contribution in [0.15, 0.2) is 24.3 Å². The van der Waals surface area contributed by atoms with Gasteiger partial charge in [0.15, 0.2) is 0 Å². The van der Waals surface area contributed by atoms with Crippen LogP contribution in [0.4, 0.5) is 8.78 Å². The second-order valence-corrected chi connectivity index (χ2v) is 6.07. The van der Waals surface area contributed by atoms with Gasteiger partial charge in [-0.1, -0.05) is 12.1 Å². The smallest absolute Gasteiger partial charge is 0.308 e. The maximum atomic E-state index is 12.8. The number of benzene rings is 1. The van der Waals surface area contributed by atoms with Gasteiger partial charge in [0.1, 0.15) is 0 Å². The molecule has 22 heavy (non-hydrogen) atoms. The third kappa shape index (κ3) is 2.58. The predicted octanol–water partition coefficient (Wildman–Crippen LogP) is 2.95. The first-order valence-electron chi connectivity index (χ1n) is 7.39. The Morgan fingerprint density at radius 3 is 2.68 bits per heavy atom. The van der Waals surface area contributed by atoms with Crippen LogP contribution in [-0.4, -0.2) is 34.5 Å². The number of fused-ring (bicyclic) bond motifs is 3. The summed E-state index contributed by atoms with van der Waals surface area (Å²) in [6.07, 6.45) is -0.435. The van der Waals surface area contributed by atoms with E-state index in [1.807, 2.05) is 0 Å². The van der Waals surface area contributed by atoms with Gasteiger partial charge in [-0.05, 0) is 37.3 Å². The van der Waals surface area contributed by atoms with Crippen LogP contribution in [0.2, 0.25) is 0 Å². The number of hydrogen-bond acceptors (Lipinski definition) is 2. The van der Waals surface area contributed by atoms with Gasteiger partial charge in [0, 0.05) is 23.7 Å². The lowest BCUT2D eigenvalue weighted by atomic mass is 9.72. The maximum Gasteiger partial charge on any atom is 0.308 e. The molecule has 4 nitrogen and oxygen atoms in total. The van der Waals surface area contributed by atoms with Crippen molar-refractivity contribution in [2.45, 2.75) is 31.7 Å². The SMILES string of the molecule is O=C(O)C1CC2CCC1N(C(=O)c1cccc(C(F)F)c1)C2. The van der Waals surface area contributed by atoms with Crippen LogP contribution in [0.5, 0.6) is 0 Å². The highest BCUT2D eigenvalue weighted by atomic mass is 19.3. The van der Waals surface area contributed by atoms with Crippen LogP contribution >= 0.6 is 0 Å². The average Bonchev–Trinajstić information content (AvgIpc) is 2.54. The van der Waals surface area contributed by atoms with E-state index in [9.17, 15) is 23.5 Å². The molecule has 0 spiro atoms. The van der Waals surface area contributed by atoms with Crippen molar-refractivity contribution in [2.75, 3.05) is 6.54 Å². The fraction of sp³-hybridized carbons (Fsp3) is 0.500. The molecule has 1 N–H and O–H groups in total. The molecule has 2 saturated heterocycles. The quantitative estimate of drug-likeness (QED) is 0.934. The van der Waals surface area contributed by atoms with Gasteiger partial charge in [-0.2, -0.15) is 0 Å². The molecule has 3 unspecified atom stereocenters. The molecule has 2 aliphatic heterocycles. The number of piperidine rings is 2. The van der Waals surface area contributed by atoms with E-state index in [1.165, 1.54) is 24.3 Å². The first kappa shape index (κ1) is 14.9. The highest BCUT2D eigenvalue weighted by Gasteiger charge is 2.46. The molecular weight excluding hydrogens is 292 g/mol. The van der Waals surface area contributed by atoms with Gasteiger partial charge >= 0.3 is 5.97 Å². The topological polar surface area (TPSA) is 57.6 Å². The largest absolute Gasteiger partial charge is 0.481 e. The van der Waals surface area contributed by atoms with Gasteiger partial charge in [-0.3, -0.25) is 9.59 Å². The minimum absolute atomic E-state index is 0.188. The molecule has 6 heteroatoms. The number of nitrogens with zero attached hydrogens (tertiary/aromatic N) is 1. The maximum absolute atomic E-state index is 12.8. The first-order chi connectivity index (χ1) is 10.5. The number of carbonyl (C=O) groups is 2. The Morgan fingerprint density at radius 2 is 2.05 bits per heavy atom. The van der Waals surface area contributed by atoms with Gasteiger partial charge < -0.3 is 10.0 Å². The normalized spacial score (nSPS) is 27.2. The highest BCUT2D eigenvalue weighted by molar-refractivity contribution is 5.95. The van der Waals surface area contributed by atoms with Crippen molar-refractivity contribution in [3.63, 3.8) is 0 Å². The summed E-state index contributed by atoms with van der Waals surface area (Å²) in [6.45, 7) is 0.520. The Balaban J connectivity index is 1.86. The predicted molar refractivity (Wildman–Crippen MR) is 74.7 cm³/mol. The molecule has 0 aromatic heterocycles. The van der Waals surface area contributed by atoms with Crippen LogP contribution in [0.25, 0.3) is 0 Å². The number of carboxylic acids is 1. The molecular formula is C16H17F2NO3. The molecule has 1 amide bonds. The molecule has 0 radical (unpaired) electrons. The van der Waals surface area contributed by atoms with Crippen molar-refractivity contribution in [2.24, 2.45) is 11.8 Å². The van der Waals surface area contributed by atoms with Crippen molar-refractivity contribution >= 4 is 11.9 Å². The van der Waals surface area contributed by atoms with Gasteiger partial charge in [0.05, 0.1) is 5.92 Å². The first-order valence-corrected chi connectivity index (χ1v) is 7.39. The summed E-state index contributed by atoms with van der Waals surface area (Å²) in [5, 5.41) is 9.31. The number of amides is 1. The molecule has 2 heterocycles. The number of hydrogen-bond donors (Lipinski definition) is 1. The minimum atomic E-state index is -2.63. The second kappa shape index (κ2) is 5.66. The number of halogens is 2. The zero-order chi connectivity index (χ0) is 15.9. The van der Waals surface area contributed by atoms with Crippen LogP contribution in [0.1, 0.15) is 41.6 Å². The van der Waals surface area contributed by atoms with Gasteiger partial charge in [-0.25, -0.2) is 8.78 Å². The second-order valence-electron chi connectivity index (χ2n) is 6.07. The molecule has 4 rings (SSSR count). The van der Waals surface area contributed by atoms with E-state index in [2.05, 4.69) is 0 Å². The zero-order valence-electron chi connectivity index (χ0n) is 11.9. The Hall–Kier alpha value is -1.98. The Labute approximate surface area is 126 Å². The average molecular weight is 309 g/mol. The Kier molecular flexibility index (Phi) is 3.85. The number of carbonyl (C=O) groups excluding carboxylic acids is 1. The third-order valence-corrected chi connectivity index (χ3v) is 4.74. The molecule has 2 bridgehead atoms. The van der Waals surface area contributed by atoms with Crippen LogP contribution < -0.4 is 0 Å². The Morgan fingerprint density at radius 1 is 1.27 bits per heavy atom. The molecule has 1 aliphatic carbocycles. The van der Waals surface area contributed by atoms with Crippen LogP contribution in [0.3, 0.4) is 0 Å². The third-order valence-electron chi connectivity index (χ3n) is 4.74. The molecule has 3 atom stereocenters. The lowest BCUT2D eigenvalue weighted by Crippen LogP contribution is -2.57. The summed E-state index contributed by atoms with van der Waals surface area (Å²) in [7, 11) is 0. The van der Waals surface area contributed by atoms with Crippen molar-refractivity contribution in [1.29, 1.82) is 0 Å². The molecule has 1 saturated carbocycles. The van der Waals surface area contributed by atoms with Gasteiger partial charge in [-0.15, -0.1) is 0 Å². The summed E-state index contributed by atoms with van der Waals surface area (Å²) in [4.78, 5) is 25.5. The van der Waals surface area contributed by atoms with Crippen molar-refractivity contribution in [3.05, 3.63) is 35.4 Å². The summed E-state index contributed by atoms with van der Waals surface area (Å²) < 4.78 is 25.5. The summed E-state index contributed by atoms with van der Waals surface area (Å²) in [6, 6.07) is 5.09. The van der Waals surface area contributed by atoms with Crippen molar-refractivity contribution < 1.29 is 23.5 Å². The molecule has 1 aromatic rings. The molecule has 3 aliphatic rings. The van der Waals surface area contributed by atoms with Crippen molar-refractivity contribution in [3.8, 4) is 0 Å². The number of rotatable bonds is 3. The van der Waals surface area contributed by atoms with E-state index in [0.29, 0.717) is 19.4 Å². The number of carboxylic acid groups (broad SMARTS) is 1. The van der Waals surface area contributed by atoms with E-state index in [0.717, 1.165) is 6.42 Å².